The van der Waals surface area contributed by atoms with Gasteiger partial charge in [-0.25, -0.2) is 4.98 Å². The molecule has 0 bridgehead atoms. The second kappa shape index (κ2) is 5.94. The zero-order chi connectivity index (χ0) is 14.7. The second-order valence-electron chi connectivity index (χ2n) is 4.74. The molecule has 0 amide bonds. The van der Waals surface area contributed by atoms with Gasteiger partial charge in [-0.05, 0) is 36.2 Å². The van der Waals surface area contributed by atoms with Gasteiger partial charge in [0, 0.05) is 18.9 Å². The number of halogens is 1. The first-order chi connectivity index (χ1) is 10.3. The van der Waals surface area contributed by atoms with E-state index < -0.39 is 0 Å². The Morgan fingerprint density at radius 2 is 2.19 bits per heavy atom. The third-order valence-electron chi connectivity index (χ3n) is 3.42. The van der Waals surface area contributed by atoms with Crippen LogP contribution in [-0.4, -0.2) is 14.5 Å². The number of hydrogen-bond acceptors (Lipinski definition) is 3. The van der Waals surface area contributed by atoms with Crippen molar-refractivity contribution < 1.29 is 0 Å². The molecule has 2 aromatic heterocycles. The highest BCUT2D eigenvalue weighted by molar-refractivity contribution is 6.16. The number of pyridine rings is 1. The molecule has 21 heavy (non-hydrogen) atoms. The van der Waals surface area contributed by atoms with Crippen LogP contribution in [0.15, 0.2) is 42.7 Å². The summed E-state index contributed by atoms with van der Waals surface area (Å²) in [6, 6.07) is 11.6. The predicted molar refractivity (Wildman–Crippen MR) is 81.9 cm³/mol. The normalized spacial score (nSPS) is 10.7. The lowest BCUT2D eigenvalue weighted by atomic mass is 10.2. The number of alkyl halides is 1. The van der Waals surface area contributed by atoms with Crippen LogP contribution in [0, 0.1) is 11.3 Å². The lowest BCUT2D eigenvalue weighted by molar-refractivity contribution is 0.686. The van der Waals surface area contributed by atoms with E-state index >= 15 is 0 Å². The molecule has 0 radical (unpaired) electrons. The minimum Gasteiger partial charge on any atom is -0.327 e. The van der Waals surface area contributed by atoms with E-state index in [1.807, 2.05) is 30.5 Å². The molecule has 0 saturated carbocycles. The monoisotopic (exact) mass is 296 g/mol. The number of nitrogens with zero attached hydrogens (tertiary/aromatic N) is 4. The van der Waals surface area contributed by atoms with E-state index in [-0.39, 0.29) is 0 Å². The summed E-state index contributed by atoms with van der Waals surface area (Å²) in [6.45, 7) is 0.763. The Kier molecular flexibility index (Phi) is 3.85. The highest BCUT2D eigenvalue weighted by atomic mass is 35.5. The third-order valence-corrected chi connectivity index (χ3v) is 3.66. The first-order valence-electron chi connectivity index (χ1n) is 6.66. The number of imidazole rings is 1. The maximum absolute atomic E-state index is 9.05. The summed E-state index contributed by atoms with van der Waals surface area (Å²) < 4.78 is 2.08. The van der Waals surface area contributed by atoms with Gasteiger partial charge in [-0.3, -0.25) is 4.98 Å². The molecule has 104 valence electrons. The number of fused-ring (bicyclic) bond motifs is 1. The molecular formula is C16H13ClN4. The van der Waals surface area contributed by atoms with Crippen molar-refractivity contribution in [3.63, 3.8) is 0 Å². The topological polar surface area (TPSA) is 54.5 Å². The maximum Gasteiger partial charge on any atom is 0.124 e. The molecule has 4 nitrogen and oxygen atoms in total. The molecular weight excluding hydrogens is 284 g/mol. The van der Waals surface area contributed by atoms with Crippen LogP contribution in [0.2, 0.25) is 0 Å². The molecule has 0 N–H and O–H groups in total. The summed E-state index contributed by atoms with van der Waals surface area (Å²) in [5.41, 5.74) is 3.62. The van der Waals surface area contributed by atoms with Crippen LogP contribution >= 0.6 is 11.6 Å². The highest BCUT2D eigenvalue weighted by Crippen LogP contribution is 2.20. The Morgan fingerprint density at radius 3 is 2.90 bits per heavy atom. The van der Waals surface area contributed by atoms with Crippen molar-refractivity contribution in [3.8, 4) is 6.07 Å². The molecule has 3 rings (SSSR count). The van der Waals surface area contributed by atoms with E-state index in [0.717, 1.165) is 35.4 Å². The molecule has 0 aliphatic rings. The Hall–Kier alpha value is -2.38. The smallest absolute Gasteiger partial charge is 0.124 e. The number of aryl methyl sites for hydroxylation is 2. The van der Waals surface area contributed by atoms with Gasteiger partial charge >= 0.3 is 0 Å². The molecule has 0 unspecified atom stereocenters. The predicted octanol–water partition coefficient (Wildman–Crippen LogP) is 3.28. The van der Waals surface area contributed by atoms with Crippen molar-refractivity contribution >= 4 is 22.6 Å². The van der Waals surface area contributed by atoms with Gasteiger partial charge in [0.15, 0.2) is 0 Å². The molecule has 0 saturated heterocycles. The van der Waals surface area contributed by atoms with Gasteiger partial charge in [-0.1, -0.05) is 6.07 Å². The number of benzene rings is 1. The molecule has 1 aromatic carbocycles. The maximum atomic E-state index is 9.05. The Bertz CT molecular complexity index is 802. The molecule has 5 heteroatoms. The van der Waals surface area contributed by atoms with Crippen molar-refractivity contribution in [1.29, 1.82) is 5.26 Å². The first kappa shape index (κ1) is 13.6. The van der Waals surface area contributed by atoms with Crippen molar-refractivity contribution in [2.24, 2.45) is 0 Å². The zero-order valence-electron chi connectivity index (χ0n) is 11.3. The number of nitriles is 1. The summed E-state index contributed by atoms with van der Waals surface area (Å²) in [4.78, 5) is 8.65. The van der Waals surface area contributed by atoms with Crippen molar-refractivity contribution in [1.82, 2.24) is 14.5 Å². The lowest BCUT2D eigenvalue weighted by Gasteiger charge is -2.07. The van der Waals surface area contributed by atoms with Crippen LogP contribution in [0.5, 0.6) is 0 Å². The largest absolute Gasteiger partial charge is 0.327 e. The molecule has 0 fully saturated rings. The van der Waals surface area contributed by atoms with E-state index in [1.54, 1.807) is 12.3 Å². The van der Waals surface area contributed by atoms with Gasteiger partial charge < -0.3 is 4.57 Å². The fraction of sp³-hybridized carbons (Fsp3) is 0.188. The van der Waals surface area contributed by atoms with Crippen LogP contribution in [0.3, 0.4) is 0 Å². The van der Waals surface area contributed by atoms with Gasteiger partial charge in [0.05, 0.1) is 28.5 Å². The lowest BCUT2D eigenvalue weighted by Crippen LogP contribution is -2.05. The molecule has 0 aliphatic heterocycles. The van der Waals surface area contributed by atoms with Crippen LogP contribution < -0.4 is 0 Å². The van der Waals surface area contributed by atoms with Gasteiger partial charge in [0.1, 0.15) is 5.82 Å². The fourth-order valence-electron chi connectivity index (χ4n) is 2.38. The number of rotatable bonds is 4. The average molecular weight is 297 g/mol. The van der Waals surface area contributed by atoms with E-state index in [2.05, 4.69) is 20.6 Å². The van der Waals surface area contributed by atoms with Crippen molar-refractivity contribution in [2.45, 2.75) is 18.8 Å². The zero-order valence-corrected chi connectivity index (χ0v) is 12.1. The summed E-state index contributed by atoms with van der Waals surface area (Å²) in [5.74, 6) is 1.18. The fourth-order valence-corrected chi connectivity index (χ4v) is 2.58. The Balaban J connectivity index is 1.97. The Labute approximate surface area is 127 Å². The highest BCUT2D eigenvalue weighted by Gasteiger charge is 2.10. The average Bonchev–Trinajstić information content (AvgIpc) is 2.90. The van der Waals surface area contributed by atoms with Gasteiger partial charge in [-0.15, -0.1) is 11.6 Å². The molecule has 0 atom stereocenters. The van der Waals surface area contributed by atoms with E-state index in [9.17, 15) is 0 Å². The van der Waals surface area contributed by atoms with Crippen molar-refractivity contribution in [3.05, 3.63) is 59.7 Å². The molecule has 0 spiro atoms. The van der Waals surface area contributed by atoms with Crippen LogP contribution in [0.1, 0.15) is 17.0 Å². The van der Waals surface area contributed by atoms with Gasteiger partial charge in [-0.2, -0.15) is 5.26 Å². The minimum absolute atomic E-state index is 0.351. The van der Waals surface area contributed by atoms with Crippen LogP contribution in [0.4, 0.5) is 0 Å². The second-order valence-corrected chi connectivity index (χ2v) is 5.01. The number of aromatic nitrogens is 3. The van der Waals surface area contributed by atoms with E-state index in [0.29, 0.717) is 11.4 Å². The van der Waals surface area contributed by atoms with Crippen molar-refractivity contribution in [2.75, 3.05) is 0 Å². The molecule has 2 heterocycles. The summed E-state index contributed by atoms with van der Waals surface area (Å²) in [7, 11) is 0. The number of hydrogen-bond donors (Lipinski definition) is 0. The van der Waals surface area contributed by atoms with Gasteiger partial charge in [0.2, 0.25) is 0 Å². The Morgan fingerprint density at radius 1 is 1.29 bits per heavy atom. The summed E-state index contributed by atoms with van der Waals surface area (Å²) in [6.07, 6.45) is 4.47. The summed E-state index contributed by atoms with van der Waals surface area (Å²) in [5, 5.41) is 9.05. The SMILES string of the molecule is N#Cc1ccc2nc(CCl)n(CCc3cccnc3)c2c1. The standard InChI is InChI=1S/C16H13ClN4/c17-9-16-20-14-4-3-13(10-18)8-15(14)21(16)7-5-12-2-1-6-19-11-12/h1-4,6,8,11H,5,7,9H2. The van der Waals surface area contributed by atoms with E-state index in [1.165, 1.54) is 0 Å². The van der Waals surface area contributed by atoms with E-state index in [4.69, 9.17) is 16.9 Å². The summed E-state index contributed by atoms with van der Waals surface area (Å²) >= 11 is 6.00. The first-order valence-corrected chi connectivity index (χ1v) is 7.19. The quantitative estimate of drug-likeness (QED) is 0.694. The molecule has 3 aromatic rings. The molecule has 0 aliphatic carbocycles. The van der Waals surface area contributed by atoms with Crippen LogP contribution in [0.25, 0.3) is 11.0 Å². The van der Waals surface area contributed by atoms with Gasteiger partial charge in [0.25, 0.3) is 0 Å². The van der Waals surface area contributed by atoms with Crippen LogP contribution in [-0.2, 0) is 18.8 Å². The minimum atomic E-state index is 0.351. The third kappa shape index (κ3) is 2.74.